The fourth-order valence-electron chi connectivity index (χ4n) is 2.22. The van der Waals surface area contributed by atoms with Gasteiger partial charge in [-0.2, -0.15) is 0 Å². The van der Waals surface area contributed by atoms with Gasteiger partial charge in [-0.25, -0.2) is 0 Å². The lowest BCUT2D eigenvalue weighted by molar-refractivity contribution is -0.137. The molecule has 1 heterocycles. The predicted molar refractivity (Wildman–Crippen MR) is 72.5 cm³/mol. The summed E-state index contributed by atoms with van der Waals surface area (Å²) >= 11 is 0. The zero-order chi connectivity index (χ0) is 14.9. The van der Waals surface area contributed by atoms with Crippen molar-refractivity contribution in [3.63, 3.8) is 0 Å². The van der Waals surface area contributed by atoms with Crippen LogP contribution in [0, 0.1) is 5.92 Å². The summed E-state index contributed by atoms with van der Waals surface area (Å²) in [4.78, 5) is 36.8. The first kappa shape index (κ1) is 14.0. The van der Waals surface area contributed by atoms with Crippen molar-refractivity contribution in [2.24, 2.45) is 5.92 Å². The number of rotatable bonds is 3. The molecule has 6 nitrogen and oxygen atoms in total. The second-order valence-electron chi connectivity index (χ2n) is 5.03. The van der Waals surface area contributed by atoms with E-state index in [4.69, 9.17) is 5.11 Å². The van der Waals surface area contributed by atoms with Gasteiger partial charge in [0.05, 0.1) is 11.3 Å². The molecule has 1 aliphatic heterocycles. The summed E-state index contributed by atoms with van der Waals surface area (Å²) < 4.78 is 0. The van der Waals surface area contributed by atoms with E-state index >= 15 is 0 Å². The molecular formula is C14H16N2O4. The minimum Gasteiger partial charge on any atom is -0.480 e. The number of benzene rings is 1. The van der Waals surface area contributed by atoms with Crippen molar-refractivity contribution in [2.45, 2.75) is 19.9 Å². The molecule has 0 unspecified atom stereocenters. The third-order valence-electron chi connectivity index (χ3n) is 3.22. The van der Waals surface area contributed by atoms with Gasteiger partial charge in [0.1, 0.15) is 12.6 Å². The van der Waals surface area contributed by atoms with Crippen LogP contribution in [0.15, 0.2) is 24.3 Å². The number of para-hydroxylation sites is 1. The van der Waals surface area contributed by atoms with Crippen molar-refractivity contribution in [1.82, 2.24) is 5.32 Å². The zero-order valence-electron chi connectivity index (χ0n) is 11.3. The number of anilines is 1. The van der Waals surface area contributed by atoms with Crippen LogP contribution < -0.4 is 10.2 Å². The van der Waals surface area contributed by atoms with Gasteiger partial charge in [-0.3, -0.25) is 19.3 Å². The molecule has 0 spiro atoms. The molecule has 1 atom stereocenters. The minimum atomic E-state index is -1.12. The topological polar surface area (TPSA) is 86.7 Å². The molecule has 20 heavy (non-hydrogen) atoms. The van der Waals surface area contributed by atoms with Crippen LogP contribution in [0.1, 0.15) is 24.2 Å². The number of nitrogens with zero attached hydrogens (tertiary/aromatic N) is 1. The normalized spacial score (nSPS) is 18.6. The fourth-order valence-corrected chi connectivity index (χ4v) is 2.22. The smallest absolute Gasteiger partial charge is 0.323 e. The van der Waals surface area contributed by atoms with Crippen LogP contribution in [-0.2, 0) is 9.59 Å². The van der Waals surface area contributed by atoms with Crippen molar-refractivity contribution < 1.29 is 19.5 Å². The summed E-state index contributed by atoms with van der Waals surface area (Å²) in [5.74, 6) is -2.01. The molecule has 0 saturated heterocycles. The number of fused-ring (bicyclic) bond motifs is 1. The number of nitrogens with one attached hydrogen (secondary N) is 1. The van der Waals surface area contributed by atoms with Gasteiger partial charge in [0.25, 0.3) is 5.91 Å². The molecule has 6 heteroatoms. The van der Waals surface area contributed by atoms with E-state index in [9.17, 15) is 14.4 Å². The summed E-state index contributed by atoms with van der Waals surface area (Å²) in [7, 11) is 0. The van der Waals surface area contributed by atoms with E-state index in [2.05, 4.69) is 5.32 Å². The first-order chi connectivity index (χ1) is 9.41. The highest BCUT2D eigenvalue weighted by molar-refractivity contribution is 6.12. The van der Waals surface area contributed by atoms with E-state index in [1.54, 1.807) is 38.1 Å². The first-order valence-electron chi connectivity index (χ1n) is 6.35. The summed E-state index contributed by atoms with van der Waals surface area (Å²) in [5.41, 5.74) is 0.644. The molecule has 106 valence electrons. The lowest BCUT2D eigenvalue weighted by atomic mass is 10.0. The minimum absolute atomic E-state index is 0.128. The maximum absolute atomic E-state index is 12.5. The first-order valence-corrected chi connectivity index (χ1v) is 6.35. The van der Waals surface area contributed by atoms with E-state index in [-0.39, 0.29) is 11.8 Å². The maximum atomic E-state index is 12.5. The van der Waals surface area contributed by atoms with Crippen LogP contribution in [0.2, 0.25) is 0 Å². The highest BCUT2D eigenvalue weighted by Crippen LogP contribution is 2.25. The number of hydrogen-bond acceptors (Lipinski definition) is 3. The summed E-state index contributed by atoms with van der Waals surface area (Å²) in [6, 6.07) is 5.78. The molecule has 2 amide bonds. The highest BCUT2D eigenvalue weighted by atomic mass is 16.4. The molecular weight excluding hydrogens is 260 g/mol. The van der Waals surface area contributed by atoms with Crippen LogP contribution in [0.25, 0.3) is 0 Å². The Labute approximate surface area is 116 Å². The van der Waals surface area contributed by atoms with Crippen LogP contribution in [-0.4, -0.2) is 35.5 Å². The van der Waals surface area contributed by atoms with Gasteiger partial charge in [0.15, 0.2) is 0 Å². The SMILES string of the molecule is CC(C)[C@@H]1NC(=O)c2ccccc2N(CC(=O)O)C1=O. The van der Waals surface area contributed by atoms with E-state index in [0.29, 0.717) is 11.3 Å². The molecule has 2 rings (SSSR count). The van der Waals surface area contributed by atoms with Gasteiger partial charge in [-0.15, -0.1) is 0 Å². The average Bonchev–Trinajstić information content (AvgIpc) is 2.49. The third-order valence-corrected chi connectivity index (χ3v) is 3.22. The summed E-state index contributed by atoms with van der Waals surface area (Å²) in [5, 5.41) is 11.7. The van der Waals surface area contributed by atoms with Crippen molar-refractivity contribution in [2.75, 3.05) is 11.4 Å². The lowest BCUT2D eigenvalue weighted by Gasteiger charge is -2.25. The molecule has 0 aromatic heterocycles. The van der Waals surface area contributed by atoms with Crippen molar-refractivity contribution >= 4 is 23.5 Å². The highest BCUT2D eigenvalue weighted by Gasteiger charge is 2.35. The number of aliphatic carboxylic acids is 1. The van der Waals surface area contributed by atoms with Gasteiger partial charge < -0.3 is 10.4 Å². The van der Waals surface area contributed by atoms with E-state index in [0.717, 1.165) is 4.90 Å². The third kappa shape index (κ3) is 2.49. The quantitative estimate of drug-likeness (QED) is 0.857. The number of carbonyl (C=O) groups excluding carboxylic acids is 2. The van der Waals surface area contributed by atoms with Crippen LogP contribution in [0.3, 0.4) is 0 Å². The average molecular weight is 276 g/mol. The Bertz CT molecular complexity index is 568. The summed E-state index contributed by atoms with van der Waals surface area (Å²) in [6.45, 7) is 3.14. The van der Waals surface area contributed by atoms with Crippen LogP contribution in [0.5, 0.6) is 0 Å². The number of amides is 2. The second kappa shape index (κ2) is 5.32. The Morgan fingerprint density at radius 2 is 2.00 bits per heavy atom. The van der Waals surface area contributed by atoms with E-state index < -0.39 is 24.5 Å². The molecule has 1 aromatic rings. The Kier molecular flexibility index (Phi) is 3.74. The number of carboxylic acids is 1. The van der Waals surface area contributed by atoms with Crippen LogP contribution >= 0.6 is 0 Å². The van der Waals surface area contributed by atoms with Gasteiger partial charge in [0.2, 0.25) is 5.91 Å². The van der Waals surface area contributed by atoms with Crippen molar-refractivity contribution in [3.05, 3.63) is 29.8 Å². The predicted octanol–water partition coefficient (Wildman–Crippen LogP) is 0.872. The number of hydrogen-bond donors (Lipinski definition) is 2. The lowest BCUT2D eigenvalue weighted by Crippen LogP contribution is -2.50. The molecule has 0 fully saturated rings. The molecule has 2 N–H and O–H groups in total. The molecule has 0 saturated carbocycles. The monoisotopic (exact) mass is 276 g/mol. The Balaban J connectivity index is 2.53. The van der Waals surface area contributed by atoms with Gasteiger partial charge in [0, 0.05) is 0 Å². The fraction of sp³-hybridized carbons (Fsp3) is 0.357. The van der Waals surface area contributed by atoms with E-state index in [1.165, 1.54) is 0 Å². The number of carbonyl (C=O) groups is 3. The standard InChI is InChI=1S/C14H16N2O4/c1-8(2)12-14(20)16(7-11(17)18)10-6-4-3-5-9(10)13(19)15-12/h3-6,8,12H,7H2,1-2H3,(H,15,19)(H,17,18)/t12-/m0/s1. The van der Waals surface area contributed by atoms with E-state index in [1.807, 2.05) is 0 Å². The second-order valence-corrected chi connectivity index (χ2v) is 5.03. The van der Waals surface area contributed by atoms with Crippen molar-refractivity contribution in [1.29, 1.82) is 0 Å². The van der Waals surface area contributed by atoms with Gasteiger partial charge in [-0.1, -0.05) is 26.0 Å². The Morgan fingerprint density at radius 3 is 2.60 bits per heavy atom. The number of carboxylic acid groups (broad SMARTS) is 1. The van der Waals surface area contributed by atoms with Gasteiger partial charge in [-0.05, 0) is 18.1 Å². The summed E-state index contributed by atoms with van der Waals surface area (Å²) in [6.07, 6.45) is 0. The van der Waals surface area contributed by atoms with Gasteiger partial charge >= 0.3 is 5.97 Å². The largest absolute Gasteiger partial charge is 0.480 e. The maximum Gasteiger partial charge on any atom is 0.323 e. The molecule has 1 aliphatic rings. The Morgan fingerprint density at radius 1 is 1.35 bits per heavy atom. The molecule has 0 bridgehead atoms. The Hall–Kier alpha value is -2.37. The van der Waals surface area contributed by atoms with Crippen LogP contribution in [0.4, 0.5) is 5.69 Å². The zero-order valence-corrected chi connectivity index (χ0v) is 11.3. The van der Waals surface area contributed by atoms with Crippen molar-refractivity contribution in [3.8, 4) is 0 Å². The molecule has 0 aliphatic carbocycles. The molecule has 1 aromatic carbocycles. The molecule has 0 radical (unpaired) electrons.